The molecular weight excluding hydrogens is 445 g/mol. The van der Waals surface area contributed by atoms with Crippen LogP contribution in [0, 0.1) is 15.9 Å². The maximum atomic E-state index is 13.2. The van der Waals surface area contributed by atoms with Gasteiger partial charge in [0.2, 0.25) is 0 Å². The Morgan fingerprint density at radius 1 is 1.13 bits per heavy atom. The van der Waals surface area contributed by atoms with Crippen LogP contribution in [-0.4, -0.2) is 25.5 Å². The van der Waals surface area contributed by atoms with Gasteiger partial charge >= 0.3 is 0 Å². The molecule has 2 amide bonds. The second kappa shape index (κ2) is 8.37. The smallest absolute Gasteiger partial charge is 0.293 e. The SMILES string of the molecule is O=C1S/C(=C\c2cccn2-c2ccc([N+](=O)[O-])cc2)C(=O)N1Cc1ccc(F)cc1Cl. The Morgan fingerprint density at radius 3 is 2.55 bits per heavy atom. The third-order valence-corrected chi connectivity index (χ3v) is 5.87. The summed E-state index contributed by atoms with van der Waals surface area (Å²) in [5.41, 5.74) is 1.72. The molecule has 1 aliphatic heterocycles. The number of non-ortho nitro benzene ring substituents is 1. The largest absolute Gasteiger partial charge is 0.317 e. The molecule has 2 aromatic carbocycles. The standard InChI is InChI=1S/C21H13ClFN3O4S/c22-18-10-14(23)4-3-13(18)12-25-20(27)19(31-21(25)28)11-17-2-1-9-24(17)15-5-7-16(8-6-15)26(29)30/h1-11H,12H2/b19-11-. The van der Waals surface area contributed by atoms with Crippen LogP contribution in [0.25, 0.3) is 11.8 Å². The molecule has 10 heteroatoms. The van der Waals surface area contributed by atoms with Crippen LogP contribution in [0.15, 0.2) is 65.7 Å². The fraction of sp³-hybridized carbons (Fsp3) is 0.0476. The van der Waals surface area contributed by atoms with Gasteiger partial charge in [-0.25, -0.2) is 4.39 Å². The van der Waals surface area contributed by atoms with Crippen LogP contribution < -0.4 is 0 Å². The summed E-state index contributed by atoms with van der Waals surface area (Å²) < 4.78 is 15.0. The Kier molecular flexibility index (Phi) is 5.62. The topological polar surface area (TPSA) is 85.5 Å². The van der Waals surface area contributed by atoms with Crippen molar-refractivity contribution in [3.05, 3.63) is 97.9 Å². The third-order valence-electron chi connectivity index (χ3n) is 4.62. The molecule has 0 unspecified atom stereocenters. The molecule has 0 atom stereocenters. The molecule has 2 heterocycles. The van der Waals surface area contributed by atoms with E-state index >= 15 is 0 Å². The summed E-state index contributed by atoms with van der Waals surface area (Å²) in [6, 6.07) is 13.3. The lowest BCUT2D eigenvalue weighted by atomic mass is 10.2. The number of carbonyl (C=O) groups is 2. The molecule has 0 spiro atoms. The van der Waals surface area contributed by atoms with Crippen molar-refractivity contribution in [1.82, 2.24) is 9.47 Å². The molecule has 1 saturated heterocycles. The van der Waals surface area contributed by atoms with Gasteiger partial charge < -0.3 is 4.57 Å². The van der Waals surface area contributed by atoms with Crippen molar-refractivity contribution in [3.8, 4) is 5.69 Å². The minimum atomic E-state index is -0.505. The van der Waals surface area contributed by atoms with Gasteiger partial charge in [0.25, 0.3) is 16.8 Å². The molecule has 7 nitrogen and oxygen atoms in total. The van der Waals surface area contributed by atoms with Crippen LogP contribution in [-0.2, 0) is 11.3 Å². The number of imide groups is 1. The number of hydrogen-bond acceptors (Lipinski definition) is 5. The maximum absolute atomic E-state index is 13.2. The number of nitro benzene ring substituents is 1. The van der Waals surface area contributed by atoms with E-state index < -0.39 is 21.9 Å². The van der Waals surface area contributed by atoms with Crippen LogP contribution in [0.4, 0.5) is 14.9 Å². The number of carbonyl (C=O) groups excluding carboxylic acids is 2. The van der Waals surface area contributed by atoms with E-state index in [0.29, 0.717) is 16.9 Å². The van der Waals surface area contributed by atoms with Crippen LogP contribution in [0.5, 0.6) is 0 Å². The molecular formula is C21H13ClFN3O4S. The summed E-state index contributed by atoms with van der Waals surface area (Å²) in [6.07, 6.45) is 3.33. The Balaban J connectivity index is 1.59. The minimum absolute atomic E-state index is 0.0296. The Bertz CT molecular complexity index is 1240. The van der Waals surface area contributed by atoms with Crippen molar-refractivity contribution >= 4 is 46.3 Å². The highest BCUT2D eigenvalue weighted by Crippen LogP contribution is 2.34. The lowest BCUT2D eigenvalue weighted by Crippen LogP contribution is -2.27. The number of aromatic nitrogens is 1. The van der Waals surface area contributed by atoms with Crippen LogP contribution in [0.2, 0.25) is 5.02 Å². The fourth-order valence-corrected chi connectivity index (χ4v) is 4.12. The number of halogens is 2. The van der Waals surface area contributed by atoms with Gasteiger partial charge in [-0.15, -0.1) is 0 Å². The summed E-state index contributed by atoms with van der Waals surface area (Å²) in [5.74, 6) is -0.985. The number of amides is 2. The summed E-state index contributed by atoms with van der Waals surface area (Å²) >= 11 is 6.82. The van der Waals surface area contributed by atoms with Gasteiger partial charge in [-0.2, -0.15) is 0 Å². The monoisotopic (exact) mass is 457 g/mol. The lowest BCUT2D eigenvalue weighted by molar-refractivity contribution is -0.384. The van der Waals surface area contributed by atoms with E-state index in [4.69, 9.17) is 11.6 Å². The zero-order chi connectivity index (χ0) is 22.1. The van der Waals surface area contributed by atoms with Crippen LogP contribution >= 0.6 is 23.4 Å². The van der Waals surface area contributed by atoms with Gasteiger partial charge in [0.05, 0.1) is 16.4 Å². The van der Waals surface area contributed by atoms with Crippen molar-refractivity contribution in [2.45, 2.75) is 6.54 Å². The van der Waals surface area contributed by atoms with Crippen LogP contribution in [0.3, 0.4) is 0 Å². The van der Waals surface area contributed by atoms with Crippen LogP contribution in [0.1, 0.15) is 11.3 Å². The predicted molar refractivity (Wildman–Crippen MR) is 115 cm³/mol. The van der Waals surface area contributed by atoms with Crippen molar-refractivity contribution in [1.29, 1.82) is 0 Å². The number of nitrogens with zero attached hydrogens (tertiary/aromatic N) is 3. The van der Waals surface area contributed by atoms with Gasteiger partial charge in [0, 0.05) is 34.7 Å². The van der Waals surface area contributed by atoms with Crippen molar-refractivity contribution in [2.24, 2.45) is 0 Å². The maximum Gasteiger partial charge on any atom is 0.293 e. The predicted octanol–water partition coefficient (Wildman–Crippen LogP) is 5.41. The molecule has 4 rings (SSSR count). The summed E-state index contributed by atoms with van der Waals surface area (Å²) in [5, 5.41) is 10.5. The first-order valence-corrected chi connectivity index (χ1v) is 10.1. The molecule has 1 aromatic heterocycles. The quantitative estimate of drug-likeness (QED) is 0.290. The van der Waals surface area contributed by atoms with E-state index in [1.165, 1.54) is 24.3 Å². The van der Waals surface area contributed by atoms with E-state index in [0.717, 1.165) is 22.7 Å². The zero-order valence-corrected chi connectivity index (χ0v) is 17.3. The first-order chi connectivity index (χ1) is 14.8. The summed E-state index contributed by atoms with van der Waals surface area (Å²) in [7, 11) is 0. The molecule has 1 aliphatic rings. The highest BCUT2D eigenvalue weighted by molar-refractivity contribution is 8.18. The Morgan fingerprint density at radius 2 is 1.87 bits per heavy atom. The number of rotatable bonds is 5. The second-order valence-electron chi connectivity index (χ2n) is 6.58. The third kappa shape index (κ3) is 4.23. The van der Waals surface area contributed by atoms with E-state index in [1.807, 2.05) is 0 Å². The fourth-order valence-electron chi connectivity index (χ4n) is 3.07. The Hall–Kier alpha value is -3.43. The van der Waals surface area contributed by atoms with Crippen molar-refractivity contribution < 1.29 is 18.9 Å². The molecule has 0 N–H and O–H groups in total. The molecule has 1 fully saturated rings. The summed E-state index contributed by atoms with van der Waals surface area (Å²) in [4.78, 5) is 36.9. The van der Waals surface area contributed by atoms with Gasteiger partial charge in [0.1, 0.15) is 5.82 Å². The first-order valence-electron chi connectivity index (χ1n) is 8.95. The molecule has 0 aliphatic carbocycles. The number of thioether (sulfide) groups is 1. The lowest BCUT2D eigenvalue weighted by Gasteiger charge is -2.13. The van der Waals surface area contributed by atoms with Gasteiger partial charge in [-0.3, -0.25) is 24.6 Å². The molecule has 0 radical (unpaired) electrons. The number of hydrogen-bond donors (Lipinski definition) is 0. The van der Waals surface area contributed by atoms with E-state index in [2.05, 4.69) is 0 Å². The number of nitro groups is 1. The average molecular weight is 458 g/mol. The first kappa shape index (κ1) is 20.8. The number of benzene rings is 2. The minimum Gasteiger partial charge on any atom is -0.317 e. The van der Waals surface area contributed by atoms with Gasteiger partial charge in [-0.1, -0.05) is 17.7 Å². The average Bonchev–Trinajstić information content (AvgIpc) is 3.30. The molecule has 3 aromatic rings. The molecule has 31 heavy (non-hydrogen) atoms. The highest BCUT2D eigenvalue weighted by Gasteiger charge is 2.35. The van der Waals surface area contributed by atoms with Gasteiger partial charge in [0.15, 0.2) is 0 Å². The zero-order valence-electron chi connectivity index (χ0n) is 15.7. The van der Waals surface area contributed by atoms with E-state index in [1.54, 1.807) is 41.1 Å². The van der Waals surface area contributed by atoms with E-state index in [-0.39, 0.29) is 22.2 Å². The summed E-state index contributed by atoms with van der Waals surface area (Å²) in [6.45, 7) is -0.0650. The Labute approximate surface area is 184 Å². The molecule has 0 saturated carbocycles. The van der Waals surface area contributed by atoms with E-state index in [9.17, 15) is 24.1 Å². The molecule has 0 bridgehead atoms. The molecule has 156 valence electrons. The highest BCUT2D eigenvalue weighted by atomic mass is 35.5. The second-order valence-corrected chi connectivity index (χ2v) is 7.98. The van der Waals surface area contributed by atoms with Gasteiger partial charge in [-0.05, 0) is 59.8 Å². The van der Waals surface area contributed by atoms with Crippen molar-refractivity contribution in [3.63, 3.8) is 0 Å². The normalized spacial score (nSPS) is 15.2. The van der Waals surface area contributed by atoms with Crippen molar-refractivity contribution in [2.75, 3.05) is 0 Å².